The van der Waals surface area contributed by atoms with E-state index in [0.29, 0.717) is 15.1 Å². The predicted octanol–water partition coefficient (Wildman–Crippen LogP) is 5.47. The highest BCUT2D eigenvalue weighted by molar-refractivity contribution is 6.44. The third-order valence-electron chi connectivity index (χ3n) is 2.90. The first-order valence-electron chi connectivity index (χ1n) is 5.02. The zero-order valence-corrected chi connectivity index (χ0v) is 11.3. The Balaban J connectivity index is 2.69. The van der Waals surface area contributed by atoms with Gasteiger partial charge in [-0.15, -0.1) is 0 Å². The average Bonchev–Trinajstić information content (AvgIpc) is 2.77. The molecule has 84 valence electrons. The van der Waals surface area contributed by atoms with Crippen molar-refractivity contribution in [3.8, 4) is 0 Å². The molecule has 16 heavy (non-hydrogen) atoms. The lowest BCUT2D eigenvalue weighted by Crippen LogP contribution is -1.99. The van der Waals surface area contributed by atoms with E-state index in [9.17, 15) is 0 Å². The minimum atomic E-state index is 0.209. The molecule has 0 bridgehead atoms. The van der Waals surface area contributed by atoms with E-state index in [4.69, 9.17) is 34.8 Å². The highest BCUT2D eigenvalue weighted by Gasteiger charge is 2.20. The van der Waals surface area contributed by atoms with Crippen LogP contribution in [0.3, 0.4) is 0 Å². The number of rotatable bonds is 1. The molecule has 0 saturated carbocycles. The Hall–Kier alpha value is -0.430. The van der Waals surface area contributed by atoms with Gasteiger partial charge in [0.05, 0.1) is 10.0 Å². The molecule has 0 fully saturated rings. The zero-order chi connectivity index (χ0) is 11.9. The van der Waals surface area contributed by atoms with E-state index in [1.165, 1.54) is 0 Å². The molecule has 0 saturated heterocycles. The smallest absolute Gasteiger partial charge is 0.0639 e. The molecule has 1 aromatic rings. The maximum Gasteiger partial charge on any atom is 0.0639 e. The lowest BCUT2D eigenvalue weighted by Gasteiger charge is -2.17. The van der Waals surface area contributed by atoms with Crippen LogP contribution < -0.4 is 0 Å². The van der Waals surface area contributed by atoms with Crippen molar-refractivity contribution in [1.82, 2.24) is 0 Å². The highest BCUT2D eigenvalue weighted by atomic mass is 35.5. The van der Waals surface area contributed by atoms with Gasteiger partial charge in [0.25, 0.3) is 0 Å². The van der Waals surface area contributed by atoms with Gasteiger partial charge in [-0.25, -0.2) is 0 Å². The van der Waals surface area contributed by atoms with Gasteiger partial charge in [0.15, 0.2) is 0 Å². The lowest BCUT2D eigenvalue weighted by molar-refractivity contribution is 1.07. The lowest BCUT2D eigenvalue weighted by atomic mass is 9.94. The second-order valence-electron chi connectivity index (χ2n) is 3.90. The molecule has 0 heterocycles. The van der Waals surface area contributed by atoms with Crippen LogP contribution in [0.4, 0.5) is 0 Å². The van der Waals surface area contributed by atoms with Gasteiger partial charge in [-0.1, -0.05) is 59.1 Å². The Morgan fingerprint density at radius 1 is 0.812 bits per heavy atom. The van der Waals surface area contributed by atoms with Crippen molar-refractivity contribution in [2.75, 3.05) is 0 Å². The van der Waals surface area contributed by atoms with E-state index in [0.717, 1.165) is 16.7 Å². The summed E-state index contributed by atoms with van der Waals surface area (Å²) in [4.78, 5) is 0. The summed E-state index contributed by atoms with van der Waals surface area (Å²) in [6.07, 6.45) is 8.21. The third-order valence-corrected chi connectivity index (χ3v) is 4.43. The van der Waals surface area contributed by atoms with Crippen molar-refractivity contribution >= 4 is 34.8 Å². The van der Waals surface area contributed by atoms with E-state index in [1.807, 2.05) is 26.0 Å². The Kier molecular flexibility index (Phi) is 3.34. The molecule has 3 heteroatoms. The molecule has 0 aliphatic heterocycles. The predicted molar refractivity (Wildman–Crippen MR) is 72.0 cm³/mol. The summed E-state index contributed by atoms with van der Waals surface area (Å²) in [5.74, 6) is 0.209. The molecule has 0 unspecified atom stereocenters. The SMILES string of the molecule is Cc1c(Cl)c(Cl)c(C)c(C2C=CC=C2)c1Cl. The van der Waals surface area contributed by atoms with Crippen LogP contribution in [0, 0.1) is 13.8 Å². The molecule has 0 atom stereocenters. The molecule has 0 radical (unpaired) electrons. The molecule has 0 nitrogen and oxygen atoms in total. The molecule has 2 rings (SSSR count). The summed E-state index contributed by atoms with van der Waals surface area (Å²) in [5, 5.41) is 1.87. The average molecular weight is 274 g/mol. The Morgan fingerprint density at radius 3 is 1.88 bits per heavy atom. The van der Waals surface area contributed by atoms with E-state index in [1.54, 1.807) is 0 Å². The van der Waals surface area contributed by atoms with Crippen molar-refractivity contribution in [2.24, 2.45) is 0 Å². The Labute approximate surface area is 111 Å². The molecular formula is C13H11Cl3. The van der Waals surface area contributed by atoms with Crippen LogP contribution in [-0.2, 0) is 0 Å². The molecule has 0 N–H and O–H groups in total. The summed E-state index contributed by atoms with van der Waals surface area (Å²) >= 11 is 18.7. The fourth-order valence-corrected chi connectivity index (χ4v) is 2.82. The zero-order valence-electron chi connectivity index (χ0n) is 9.02. The number of benzene rings is 1. The molecule has 1 aliphatic rings. The summed E-state index contributed by atoms with van der Waals surface area (Å²) in [6, 6.07) is 0. The van der Waals surface area contributed by atoms with Gasteiger partial charge < -0.3 is 0 Å². The molecule has 1 aromatic carbocycles. The number of halogens is 3. The Morgan fingerprint density at radius 2 is 1.31 bits per heavy atom. The fraction of sp³-hybridized carbons (Fsp3) is 0.231. The molecule has 0 amide bonds. The van der Waals surface area contributed by atoms with Gasteiger partial charge in [0, 0.05) is 10.9 Å². The Bertz CT molecular complexity index is 457. The van der Waals surface area contributed by atoms with Crippen LogP contribution in [0.1, 0.15) is 22.6 Å². The number of allylic oxidation sites excluding steroid dienone is 4. The van der Waals surface area contributed by atoms with Gasteiger partial charge in [0.2, 0.25) is 0 Å². The van der Waals surface area contributed by atoms with Crippen molar-refractivity contribution in [3.63, 3.8) is 0 Å². The number of hydrogen-bond donors (Lipinski definition) is 0. The maximum atomic E-state index is 6.34. The van der Waals surface area contributed by atoms with Crippen LogP contribution in [0.5, 0.6) is 0 Å². The van der Waals surface area contributed by atoms with Gasteiger partial charge in [-0.3, -0.25) is 0 Å². The van der Waals surface area contributed by atoms with E-state index < -0.39 is 0 Å². The first-order chi connectivity index (χ1) is 7.54. The maximum absolute atomic E-state index is 6.34. The van der Waals surface area contributed by atoms with Crippen LogP contribution in [-0.4, -0.2) is 0 Å². The first kappa shape index (κ1) is 12.0. The van der Waals surface area contributed by atoms with Crippen LogP contribution in [0.2, 0.25) is 15.1 Å². The van der Waals surface area contributed by atoms with Crippen molar-refractivity contribution in [1.29, 1.82) is 0 Å². The largest absolute Gasteiger partial charge is 0.0836 e. The summed E-state index contributed by atoms with van der Waals surface area (Å²) < 4.78 is 0. The normalized spacial score (nSPS) is 15.1. The van der Waals surface area contributed by atoms with Crippen molar-refractivity contribution in [3.05, 3.63) is 56.1 Å². The van der Waals surface area contributed by atoms with Gasteiger partial charge >= 0.3 is 0 Å². The van der Waals surface area contributed by atoms with E-state index in [2.05, 4.69) is 12.2 Å². The standard InChI is InChI=1S/C13H11Cl3/c1-7-10(9-5-3-4-6-9)11(14)8(2)13(16)12(7)15/h3-6,9H,1-2H3. The monoisotopic (exact) mass is 272 g/mol. The highest BCUT2D eigenvalue weighted by Crippen LogP contribution is 2.42. The summed E-state index contributed by atoms with van der Waals surface area (Å²) in [5.41, 5.74) is 2.87. The molecule has 1 aliphatic carbocycles. The van der Waals surface area contributed by atoms with E-state index >= 15 is 0 Å². The fourth-order valence-electron chi connectivity index (χ4n) is 1.93. The minimum Gasteiger partial charge on any atom is -0.0836 e. The van der Waals surface area contributed by atoms with E-state index in [-0.39, 0.29) is 5.92 Å². The molecular weight excluding hydrogens is 263 g/mol. The topological polar surface area (TPSA) is 0 Å². The van der Waals surface area contributed by atoms with Gasteiger partial charge in [-0.2, -0.15) is 0 Å². The van der Waals surface area contributed by atoms with Crippen molar-refractivity contribution < 1.29 is 0 Å². The second kappa shape index (κ2) is 4.44. The first-order valence-corrected chi connectivity index (χ1v) is 6.16. The molecule has 0 aromatic heterocycles. The van der Waals surface area contributed by atoms with Crippen LogP contribution in [0.15, 0.2) is 24.3 Å². The molecule has 0 spiro atoms. The van der Waals surface area contributed by atoms with Crippen molar-refractivity contribution in [2.45, 2.75) is 19.8 Å². The minimum absolute atomic E-state index is 0.209. The summed E-state index contributed by atoms with van der Waals surface area (Å²) in [6.45, 7) is 3.84. The second-order valence-corrected chi connectivity index (χ2v) is 5.04. The van der Waals surface area contributed by atoms with Gasteiger partial charge in [0.1, 0.15) is 0 Å². The quantitative estimate of drug-likeness (QED) is 0.595. The van der Waals surface area contributed by atoms with Crippen LogP contribution in [0.25, 0.3) is 0 Å². The summed E-state index contributed by atoms with van der Waals surface area (Å²) in [7, 11) is 0. The third kappa shape index (κ3) is 1.79. The van der Waals surface area contributed by atoms with Crippen LogP contribution >= 0.6 is 34.8 Å². The number of hydrogen-bond acceptors (Lipinski definition) is 0. The van der Waals surface area contributed by atoms with Gasteiger partial charge in [-0.05, 0) is 30.5 Å².